The number of ketones is 1. The van der Waals surface area contributed by atoms with Gasteiger partial charge < -0.3 is 9.74 Å². The Morgan fingerprint density at radius 2 is 1.86 bits per heavy atom. The van der Waals surface area contributed by atoms with E-state index in [1.165, 1.54) is 0 Å². The van der Waals surface area contributed by atoms with Gasteiger partial charge in [0.05, 0.1) is 5.71 Å². The molecule has 0 aromatic heterocycles. The maximum absolute atomic E-state index is 15.5. The topological polar surface area (TPSA) is 41.9 Å². The lowest BCUT2D eigenvalue weighted by atomic mass is 9.45. The zero-order valence-electron chi connectivity index (χ0n) is 18.0. The van der Waals surface area contributed by atoms with Crippen LogP contribution < -0.4 is 0 Å². The summed E-state index contributed by atoms with van der Waals surface area (Å²) in [6.07, 6.45) is 6.66. The highest BCUT2D eigenvalue weighted by Gasteiger charge is 2.61. The number of hydrogen-bond acceptors (Lipinski definition) is 4. The lowest BCUT2D eigenvalue weighted by molar-refractivity contribution is -0.139. The molecule has 4 saturated carbocycles. The molecule has 0 bridgehead atoms. The first-order valence-corrected chi connectivity index (χ1v) is 11.3. The van der Waals surface area contributed by atoms with Gasteiger partial charge in [-0.15, -0.1) is 0 Å². The van der Waals surface area contributed by atoms with Crippen LogP contribution in [0, 0.1) is 34.5 Å². The van der Waals surface area contributed by atoms with E-state index in [0.29, 0.717) is 42.3 Å². The Hall–Kier alpha value is -0.970. The number of likely N-dealkylation sites (N-methyl/N-ethyl adjacent to an activating group) is 1. The zero-order valence-corrected chi connectivity index (χ0v) is 18.0. The molecule has 4 rings (SSSR count). The number of nitrogens with zero attached hydrogens (tertiary/aromatic N) is 2. The molecule has 4 fully saturated rings. The fourth-order valence-electron chi connectivity index (χ4n) is 7.32. The van der Waals surface area contributed by atoms with Crippen LogP contribution in [0.25, 0.3) is 0 Å². The predicted octanol–water partition coefficient (Wildman–Crippen LogP) is 4.48. The first kappa shape index (κ1) is 20.3. The Bertz CT molecular complexity index is 651. The summed E-state index contributed by atoms with van der Waals surface area (Å²) >= 11 is 0. The van der Waals surface area contributed by atoms with Crippen molar-refractivity contribution in [2.24, 2.45) is 39.7 Å². The van der Waals surface area contributed by atoms with E-state index in [1.807, 2.05) is 19.0 Å². The molecule has 0 aliphatic heterocycles. The van der Waals surface area contributed by atoms with E-state index >= 15 is 4.39 Å². The molecule has 0 N–H and O–H groups in total. The van der Waals surface area contributed by atoms with Crippen LogP contribution in [0.4, 0.5) is 4.39 Å². The van der Waals surface area contributed by atoms with Crippen molar-refractivity contribution in [3.63, 3.8) is 0 Å². The van der Waals surface area contributed by atoms with Crippen LogP contribution in [0.2, 0.25) is 0 Å². The van der Waals surface area contributed by atoms with Gasteiger partial charge in [0.15, 0.2) is 0 Å². The summed E-state index contributed by atoms with van der Waals surface area (Å²) in [6, 6.07) is 0. The molecule has 7 atom stereocenters. The fourth-order valence-corrected chi connectivity index (χ4v) is 7.32. The first-order valence-electron chi connectivity index (χ1n) is 11.3. The summed E-state index contributed by atoms with van der Waals surface area (Å²) in [4.78, 5) is 20.0. The average Bonchev–Trinajstić information content (AvgIpc) is 2.95. The quantitative estimate of drug-likeness (QED) is 0.523. The van der Waals surface area contributed by atoms with E-state index in [0.717, 1.165) is 51.5 Å². The van der Waals surface area contributed by atoms with Crippen molar-refractivity contribution in [2.75, 3.05) is 27.2 Å². The number of carbonyl (C=O) groups is 1. The molecule has 0 amide bonds. The highest BCUT2D eigenvalue weighted by molar-refractivity contribution is 5.89. The molecule has 0 radical (unpaired) electrons. The molecule has 4 nitrogen and oxygen atoms in total. The molecule has 0 aromatic rings. The van der Waals surface area contributed by atoms with Crippen LogP contribution in [0.5, 0.6) is 0 Å². The minimum atomic E-state index is -0.974. The molecule has 28 heavy (non-hydrogen) atoms. The summed E-state index contributed by atoms with van der Waals surface area (Å²) in [6.45, 7) is 5.85. The largest absolute Gasteiger partial charge is 0.394 e. The lowest BCUT2D eigenvalue weighted by Gasteiger charge is -2.60. The molecule has 0 aromatic carbocycles. The molecule has 0 saturated heterocycles. The summed E-state index contributed by atoms with van der Waals surface area (Å²) in [5.41, 5.74) is 0.565. The highest BCUT2D eigenvalue weighted by Crippen LogP contribution is 2.65. The van der Waals surface area contributed by atoms with Crippen molar-refractivity contribution in [1.29, 1.82) is 0 Å². The third-order valence-corrected chi connectivity index (χ3v) is 9.05. The maximum atomic E-state index is 15.5. The number of carbonyl (C=O) groups excluding carboxylic acids is 1. The number of hydrogen-bond donors (Lipinski definition) is 0. The SMILES string of the molecule is CN(C)CCO/N=C1\CC[C@@]2(C)C(CC[C@@H]3[C@@H]2CC[C@]2(C)C(=O)CC[C@@H]32)[C@@H]1F. The van der Waals surface area contributed by atoms with Gasteiger partial charge in [-0.2, -0.15) is 0 Å². The lowest BCUT2D eigenvalue weighted by Crippen LogP contribution is -2.56. The van der Waals surface area contributed by atoms with Crippen LogP contribution in [0.3, 0.4) is 0 Å². The van der Waals surface area contributed by atoms with Gasteiger partial charge in [0.1, 0.15) is 18.6 Å². The van der Waals surface area contributed by atoms with Crippen LogP contribution in [-0.2, 0) is 9.63 Å². The number of alkyl halides is 1. The summed E-state index contributed by atoms with van der Waals surface area (Å²) in [5.74, 6) is 2.23. The number of oxime groups is 1. The monoisotopic (exact) mass is 392 g/mol. The van der Waals surface area contributed by atoms with E-state index < -0.39 is 6.17 Å². The molecule has 158 valence electrons. The highest BCUT2D eigenvalue weighted by atomic mass is 19.1. The van der Waals surface area contributed by atoms with E-state index in [1.54, 1.807) is 0 Å². The van der Waals surface area contributed by atoms with E-state index in [4.69, 9.17) is 4.84 Å². The molecule has 4 aliphatic rings. The van der Waals surface area contributed by atoms with E-state index in [-0.39, 0.29) is 16.7 Å². The fraction of sp³-hybridized carbons (Fsp3) is 0.913. The van der Waals surface area contributed by atoms with Gasteiger partial charge in [-0.25, -0.2) is 4.39 Å². The van der Waals surface area contributed by atoms with Crippen molar-refractivity contribution in [3.05, 3.63) is 0 Å². The number of halogens is 1. The number of Topliss-reactive ketones (excluding diaryl/α,β-unsaturated/α-hetero) is 1. The zero-order chi connectivity index (χ0) is 20.1. The molecule has 0 spiro atoms. The van der Waals surface area contributed by atoms with Crippen molar-refractivity contribution >= 4 is 11.5 Å². The number of rotatable bonds is 4. The van der Waals surface area contributed by atoms with Gasteiger partial charge >= 0.3 is 0 Å². The molecular weight excluding hydrogens is 355 g/mol. The predicted molar refractivity (Wildman–Crippen MR) is 109 cm³/mol. The van der Waals surface area contributed by atoms with Crippen molar-refractivity contribution < 1.29 is 14.0 Å². The molecule has 1 unspecified atom stereocenters. The van der Waals surface area contributed by atoms with Crippen LogP contribution in [-0.4, -0.2) is 49.8 Å². The molecule has 0 heterocycles. The van der Waals surface area contributed by atoms with E-state index in [2.05, 4.69) is 19.0 Å². The average molecular weight is 393 g/mol. The minimum absolute atomic E-state index is 0.0396. The van der Waals surface area contributed by atoms with Gasteiger partial charge in [0, 0.05) is 24.3 Å². The Morgan fingerprint density at radius 1 is 1.07 bits per heavy atom. The molecular formula is C23H37FN2O2. The second kappa shape index (κ2) is 7.37. The first-order chi connectivity index (χ1) is 13.3. The third-order valence-electron chi connectivity index (χ3n) is 9.05. The summed E-state index contributed by atoms with van der Waals surface area (Å²) in [5, 5.41) is 4.21. The minimum Gasteiger partial charge on any atom is -0.394 e. The number of fused-ring (bicyclic) bond motifs is 5. The van der Waals surface area contributed by atoms with Gasteiger partial charge in [-0.1, -0.05) is 19.0 Å². The normalized spacial score (nSPS) is 47.0. The second-order valence-corrected chi connectivity index (χ2v) is 10.6. The summed E-state index contributed by atoms with van der Waals surface area (Å²) in [7, 11) is 3.98. The Labute approximate surface area is 169 Å². The van der Waals surface area contributed by atoms with Gasteiger partial charge in [0.2, 0.25) is 0 Å². The van der Waals surface area contributed by atoms with Gasteiger partial charge in [-0.05, 0) is 82.2 Å². The van der Waals surface area contributed by atoms with Crippen LogP contribution >= 0.6 is 0 Å². The summed E-state index contributed by atoms with van der Waals surface area (Å²) < 4.78 is 15.5. The van der Waals surface area contributed by atoms with Crippen LogP contribution in [0.1, 0.15) is 65.2 Å². The van der Waals surface area contributed by atoms with E-state index in [9.17, 15) is 4.79 Å². The Balaban J connectivity index is 1.48. The Morgan fingerprint density at radius 3 is 2.61 bits per heavy atom. The smallest absolute Gasteiger partial charge is 0.145 e. The van der Waals surface area contributed by atoms with Gasteiger partial charge in [0.25, 0.3) is 0 Å². The third kappa shape index (κ3) is 3.12. The van der Waals surface area contributed by atoms with Crippen LogP contribution in [0.15, 0.2) is 5.16 Å². The maximum Gasteiger partial charge on any atom is 0.145 e. The van der Waals surface area contributed by atoms with Gasteiger partial charge in [-0.3, -0.25) is 4.79 Å². The van der Waals surface area contributed by atoms with Crippen molar-refractivity contribution in [1.82, 2.24) is 4.90 Å². The van der Waals surface area contributed by atoms with Crippen molar-refractivity contribution in [2.45, 2.75) is 71.4 Å². The van der Waals surface area contributed by atoms with Crippen molar-refractivity contribution in [3.8, 4) is 0 Å². The Kier molecular flexibility index (Phi) is 5.35. The second-order valence-electron chi connectivity index (χ2n) is 10.6. The molecule has 4 aliphatic carbocycles. The standard InChI is InChI=1S/C23H37FN2O2/c1-22-12-10-19(25-28-14-13-26(3)4)21(24)18(22)6-5-15-16-7-8-20(27)23(16,2)11-9-17(15)22/h15-18,21H,5-14H2,1-4H3/b25-19+/t15-,16-,17-,18?,21-,22+,23-/m0/s1. The molecule has 5 heteroatoms.